The lowest BCUT2D eigenvalue weighted by molar-refractivity contribution is 0.917. The average molecular weight is 196 g/mol. The normalized spacial score (nSPS) is 12.3. The Morgan fingerprint density at radius 2 is 2.27 bits per heavy atom. The summed E-state index contributed by atoms with van der Waals surface area (Å²) in [6.07, 6.45) is 0.872. The fourth-order valence-electron chi connectivity index (χ4n) is 0.646. The lowest BCUT2D eigenvalue weighted by Crippen LogP contribution is -1.87. The highest BCUT2D eigenvalue weighted by Gasteiger charge is 2.06. The van der Waals surface area contributed by atoms with Gasteiger partial charge < -0.3 is 0 Å². The lowest BCUT2D eigenvalue weighted by atomic mass is 10.4. The minimum atomic E-state index is -0.100. The number of aromatic nitrogens is 3. The molecule has 0 saturated carbocycles. The van der Waals surface area contributed by atoms with Crippen molar-refractivity contribution in [1.29, 1.82) is 0 Å². The van der Waals surface area contributed by atoms with E-state index in [4.69, 9.17) is 11.6 Å². The van der Waals surface area contributed by atoms with E-state index < -0.39 is 0 Å². The van der Waals surface area contributed by atoms with Gasteiger partial charge >= 0.3 is 0 Å². The Bertz CT molecular complexity index is 209. The predicted octanol–water partition coefficient (Wildman–Crippen LogP) is 2.09. The maximum Gasteiger partial charge on any atom is 0.168 e. The summed E-state index contributed by atoms with van der Waals surface area (Å²) in [5.41, 5.74) is 0. The van der Waals surface area contributed by atoms with Gasteiger partial charge in [-0.1, -0.05) is 6.92 Å². The molecule has 0 aromatic carbocycles. The number of hydrogen-bond acceptors (Lipinski definition) is 2. The van der Waals surface area contributed by atoms with Gasteiger partial charge in [0, 0.05) is 6.42 Å². The number of halogens is 2. The van der Waals surface area contributed by atoms with Gasteiger partial charge in [-0.25, -0.2) is 4.98 Å². The van der Waals surface area contributed by atoms with E-state index in [1.807, 2.05) is 13.8 Å². The number of nitrogens with one attached hydrogen (secondary N) is 1. The number of H-pyrrole nitrogens is 1. The van der Waals surface area contributed by atoms with Crippen molar-refractivity contribution in [3.63, 3.8) is 0 Å². The largest absolute Gasteiger partial charge is 0.263 e. The number of hydrogen-bond donors (Lipinski definition) is 1. The van der Waals surface area contributed by atoms with Gasteiger partial charge in [0.05, 0.1) is 5.38 Å². The second-order valence-electron chi connectivity index (χ2n) is 2.11. The zero-order chi connectivity index (χ0) is 7.56. The van der Waals surface area contributed by atoms with Crippen molar-refractivity contribution < 1.29 is 0 Å². The van der Waals surface area contributed by atoms with Crippen molar-refractivity contribution >= 4 is 24.0 Å². The molecule has 0 aliphatic carbocycles. The van der Waals surface area contributed by atoms with Crippen LogP contribution in [-0.4, -0.2) is 15.2 Å². The predicted molar refractivity (Wildman–Crippen MR) is 47.3 cm³/mol. The summed E-state index contributed by atoms with van der Waals surface area (Å²) >= 11 is 5.73. The smallest absolute Gasteiger partial charge is 0.168 e. The molecule has 64 valence electrons. The van der Waals surface area contributed by atoms with Gasteiger partial charge in [0.15, 0.2) is 5.82 Å². The van der Waals surface area contributed by atoms with Crippen LogP contribution in [0.3, 0.4) is 0 Å². The Morgan fingerprint density at radius 1 is 1.64 bits per heavy atom. The summed E-state index contributed by atoms with van der Waals surface area (Å²) < 4.78 is 0. The molecular formula is C6H11Cl2N3. The molecule has 1 rings (SSSR count). The minimum absolute atomic E-state index is 0. The van der Waals surface area contributed by atoms with Crippen molar-refractivity contribution in [2.24, 2.45) is 0 Å². The lowest BCUT2D eigenvalue weighted by Gasteiger charge is -1.90. The van der Waals surface area contributed by atoms with Gasteiger partial charge in [-0.15, -0.1) is 24.0 Å². The van der Waals surface area contributed by atoms with Gasteiger partial charge in [0.25, 0.3) is 0 Å². The first-order chi connectivity index (χ1) is 4.74. The molecule has 0 saturated heterocycles. The second-order valence-corrected chi connectivity index (χ2v) is 2.76. The van der Waals surface area contributed by atoms with Crippen LogP contribution in [0.1, 0.15) is 30.9 Å². The maximum absolute atomic E-state index is 5.73. The van der Waals surface area contributed by atoms with Crippen LogP contribution in [0.5, 0.6) is 0 Å². The molecule has 1 unspecified atom stereocenters. The molecule has 0 bridgehead atoms. The SMILES string of the molecule is CCc1nc(C(C)Cl)n[nH]1.Cl. The summed E-state index contributed by atoms with van der Waals surface area (Å²) in [5.74, 6) is 1.57. The third kappa shape index (κ3) is 2.67. The van der Waals surface area contributed by atoms with Crippen molar-refractivity contribution in [2.75, 3.05) is 0 Å². The number of aryl methyl sites for hydroxylation is 1. The highest BCUT2D eigenvalue weighted by molar-refractivity contribution is 6.20. The van der Waals surface area contributed by atoms with Gasteiger partial charge in [-0.3, -0.25) is 5.10 Å². The fraction of sp³-hybridized carbons (Fsp3) is 0.667. The number of alkyl halides is 1. The number of rotatable bonds is 2. The molecule has 0 radical (unpaired) electrons. The van der Waals surface area contributed by atoms with Crippen molar-refractivity contribution in [1.82, 2.24) is 15.2 Å². The monoisotopic (exact) mass is 195 g/mol. The van der Waals surface area contributed by atoms with Crippen molar-refractivity contribution in [2.45, 2.75) is 25.6 Å². The van der Waals surface area contributed by atoms with E-state index in [2.05, 4.69) is 15.2 Å². The number of aromatic amines is 1. The third-order valence-corrected chi connectivity index (χ3v) is 1.43. The van der Waals surface area contributed by atoms with Gasteiger partial charge in [0.2, 0.25) is 0 Å². The highest BCUT2D eigenvalue weighted by Crippen LogP contribution is 2.13. The van der Waals surface area contributed by atoms with Crippen molar-refractivity contribution in [3.8, 4) is 0 Å². The molecule has 11 heavy (non-hydrogen) atoms. The van der Waals surface area contributed by atoms with Crippen LogP contribution in [0.25, 0.3) is 0 Å². The summed E-state index contributed by atoms with van der Waals surface area (Å²) in [6.45, 7) is 3.87. The van der Waals surface area contributed by atoms with Gasteiger partial charge in [0.1, 0.15) is 5.82 Å². The van der Waals surface area contributed by atoms with E-state index in [1.54, 1.807) is 0 Å². The molecule has 1 N–H and O–H groups in total. The third-order valence-electron chi connectivity index (χ3n) is 1.24. The van der Waals surface area contributed by atoms with E-state index >= 15 is 0 Å². The minimum Gasteiger partial charge on any atom is -0.263 e. The molecule has 1 aromatic heterocycles. The van der Waals surface area contributed by atoms with E-state index in [0.717, 1.165) is 12.2 Å². The van der Waals surface area contributed by atoms with E-state index in [1.165, 1.54) is 0 Å². The average Bonchev–Trinajstić information content (AvgIpc) is 2.34. The zero-order valence-corrected chi connectivity index (χ0v) is 8.04. The molecule has 0 aliphatic rings. The van der Waals surface area contributed by atoms with E-state index in [-0.39, 0.29) is 17.8 Å². The summed E-state index contributed by atoms with van der Waals surface area (Å²) in [5, 5.41) is 6.61. The standard InChI is InChI=1S/C6H10ClN3.ClH/c1-3-5-8-6(4(2)7)10-9-5;/h4H,3H2,1-2H3,(H,8,9,10);1H. The van der Waals surface area contributed by atoms with Crippen LogP contribution in [0, 0.1) is 0 Å². The maximum atomic E-state index is 5.73. The molecule has 3 nitrogen and oxygen atoms in total. The van der Waals surface area contributed by atoms with Gasteiger partial charge in [-0.2, -0.15) is 5.10 Å². The first kappa shape index (κ1) is 10.7. The molecule has 0 aliphatic heterocycles. The topological polar surface area (TPSA) is 41.6 Å². The Kier molecular flexibility index (Phi) is 4.45. The molecule has 1 atom stereocenters. The Morgan fingerprint density at radius 3 is 2.55 bits per heavy atom. The summed E-state index contributed by atoms with van der Waals surface area (Å²) in [6, 6.07) is 0. The van der Waals surface area contributed by atoms with Crippen LogP contribution < -0.4 is 0 Å². The van der Waals surface area contributed by atoms with E-state index in [0.29, 0.717) is 5.82 Å². The molecule has 5 heteroatoms. The Balaban J connectivity index is 0.000001000. The van der Waals surface area contributed by atoms with Crippen LogP contribution in [0.4, 0.5) is 0 Å². The van der Waals surface area contributed by atoms with Gasteiger partial charge in [-0.05, 0) is 6.92 Å². The van der Waals surface area contributed by atoms with E-state index in [9.17, 15) is 0 Å². The van der Waals surface area contributed by atoms with Crippen molar-refractivity contribution in [3.05, 3.63) is 11.6 Å². The number of nitrogens with zero attached hydrogens (tertiary/aromatic N) is 2. The quantitative estimate of drug-likeness (QED) is 0.735. The molecule has 0 amide bonds. The van der Waals surface area contributed by atoms with Crippen LogP contribution in [-0.2, 0) is 6.42 Å². The fourth-order valence-corrected chi connectivity index (χ4v) is 0.744. The summed E-state index contributed by atoms with van der Waals surface area (Å²) in [7, 11) is 0. The highest BCUT2D eigenvalue weighted by atomic mass is 35.5. The Hall–Kier alpha value is -0.280. The second kappa shape index (κ2) is 4.57. The van der Waals surface area contributed by atoms with Crippen LogP contribution in [0.15, 0.2) is 0 Å². The molecule has 0 fully saturated rings. The van der Waals surface area contributed by atoms with Crippen LogP contribution in [0.2, 0.25) is 0 Å². The molecule has 0 spiro atoms. The summed E-state index contributed by atoms with van der Waals surface area (Å²) in [4.78, 5) is 4.13. The first-order valence-corrected chi connectivity index (χ1v) is 3.73. The first-order valence-electron chi connectivity index (χ1n) is 3.29. The van der Waals surface area contributed by atoms with Crippen LogP contribution >= 0.6 is 24.0 Å². The molecule has 1 heterocycles. The molecular weight excluding hydrogens is 185 g/mol. The zero-order valence-electron chi connectivity index (χ0n) is 6.47. The molecule has 1 aromatic rings. The Labute approximate surface area is 77.0 Å².